The fraction of sp³-hybridized carbons (Fsp3) is 0.571. The van der Waals surface area contributed by atoms with E-state index in [0.717, 1.165) is 9.54 Å². The van der Waals surface area contributed by atoms with Gasteiger partial charge >= 0.3 is 0 Å². The van der Waals surface area contributed by atoms with Gasteiger partial charge in [0.1, 0.15) is 24.4 Å². The second kappa shape index (κ2) is 8.10. The maximum absolute atomic E-state index is 5.74. The molecule has 2 aromatic rings. The topological polar surface area (TPSA) is 41.5 Å². The molecule has 0 bridgehead atoms. The average molecular weight is 527 g/mol. The van der Waals surface area contributed by atoms with Crippen LogP contribution in [-0.4, -0.2) is 72.4 Å². The molecule has 29 heavy (non-hydrogen) atoms. The lowest BCUT2D eigenvalue weighted by Crippen LogP contribution is -2.29. The number of fused-ring (bicyclic) bond motifs is 2. The lowest BCUT2D eigenvalue weighted by atomic mass is 10.9. The van der Waals surface area contributed by atoms with Crippen LogP contribution in [0.4, 0.5) is 0 Å². The van der Waals surface area contributed by atoms with Crippen LogP contribution in [-0.2, 0) is 0 Å². The Labute approximate surface area is 198 Å². The van der Waals surface area contributed by atoms with Gasteiger partial charge in [0, 0.05) is 49.3 Å². The molecule has 0 saturated carbocycles. The van der Waals surface area contributed by atoms with Gasteiger partial charge in [0.2, 0.25) is 9.54 Å². The largest absolute Gasteiger partial charge is 0.326 e. The summed E-state index contributed by atoms with van der Waals surface area (Å²) in [5.41, 5.74) is 3.24. The highest BCUT2D eigenvalue weighted by molar-refractivity contribution is 8.91. The zero-order chi connectivity index (χ0) is 21.2. The Morgan fingerprint density at radius 3 is 1.66 bits per heavy atom. The van der Waals surface area contributed by atoms with Crippen LogP contribution >= 0.6 is 77.0 Å². The van der Waals surface area contributed by atoms with Crippen LogP contribution in [0.2, 0.25) is 0 Å². The Balaban J connectivity index is 1.67. The molecule has 160 valence electrons. The molecule has 0 fully saturated rings. The van der Waals surface area contributed by atoms with Crippen molar-refractivity contribution in [3.63, 3.8) is 0 Å². The van der Waals surface area contributed by atoms with Crippen molar-refractivity contribution in [1.29, 1.82) is 0 Å². The summed E-state index contributed by atoms with van der Waals surface area (Å²) in [7, 11) is 14.1. The van der Waals surface area contributed by atoms with E-state index in [0.29, 0.717) is 4.32 Å². The predicted molar refractivity (Wildman–Crippen MR) is 136 cm³/mol. The van der Waals surface area contributed by atoms with Gasteiger partial charge < -0.3 is 20.5 Å². The summed E-state index contributed by atoms with van der Waals surface area (Å²) in [5.74, 6) is 0. The summed E-state index contributed by atoms with van der Waals surface area (Å²) in [6.45, 7) is 0. The second-order valence-corrected chi connectivity index (χ2v) is 17.1. The van der Waals surface area contributed by atoms with E-state index in [1.807, 2.05) is 105 Å². The molecule has 0 saturated heterocycles. The first-order chi connectivity index (χ1) is 13.7. The van der Waals surface area contributed by atoms with Gasteiger partial charge in [-0.05, 0) is 24.4 Å². The van der Waals surface area contributed by atoms with Crippen LogP contribution < -0.4 is 20.5 Å². The molecule has 15 heteroatoms. The van der Waals surface area contributed by atoms with E-state index in [2.05, 4.69) is 29.5 Å². The van der Waals surface area contributed by atoms with E-state index in [1.54, 1.807) is 0 Å². The minimum absolute atomic E-state index is 0.399. The van der Waals surface area contributed by atoms with Crippen LogP contribution in [0.3, 0.4) is 0 Å². The van der Waals surface area contributed by atoms with Crippen molar-refractivity contribution >= 4 is 77.0 Å². The van der Waals surface area contributed by atoms with Gasteiger partial charge in [-0.2, -0.15) is 0 Å². The fourth-order valence-electron chi connectivity index (χ4n) is 3.09. The first-order valence-corrected chi connectivity index (χ1v) is 15.4. The first kappa shape index (κ1) is 22.1. The number of aromatic nitrogens is 4. The molecule has 1 unspecified atom stereocenters. The Bertz CT molecular complexity index is 1030. The summed E-state index contributed by atoms with van der Waals surface area (Å²) in [4.78, 5) is 0. The summed E-state index contributed by atoms with van der Waals surface area (Å²) < 4.78 is 10.4. The third kappa shape index (κ3) is 3.42. The quantitative estimate of drug-likeness (QED) is 0.460. The van der Waals surface area contributed by atoms with E-state index < -0.39 is 6.33 Å². The highest BCUT2D eigenvalue weighted by Crippen LogP contribution is 2.81. The minimum atomic E-state index is -0.399. The number of thioether (sulfide) groups is 2. The van der Waals surface area contributed by atoms with Crippen molar-refractivity contribution in [3.05, 3.63) is 9.54 Å². The number of hydrogen-bond acceptors (Lipinski definition) is 10. The van der Waals surface area contributed by atoms with Crippen LogP contribution in [0.15, 0.2) is 20.1 Å². The number of rotatable bonds is 5. The molecule has 2 aliphatic rings. The average Bonchev–Trinajstić information content (AvgIpc) is 3.30. The molecule has 1 atom stereocenters. The molecule has 0 aromatic carbocycles. The lowest BCUT2D eigenvalue weighted by Gasteiger charge is -2.22. The molecule has 0 amide bonds. The summed E-state index contributed by atoms with van der Waals surface area (Å²) >= 11 is 19.2. The van der Waals surface area contributed by atoms with Crippen molar-refractivity contribution in [1.82, 2.24) is 18.7 Å². The maximum Gasteiger partial charge on any atom is 0.219 e. The highest BCUT2D eigenvalue weighted by atomic mass is 33.1. The molecule has 2 aromatic heterocycles. The number of hydrogen-bond donors (Lipinski definition) is 1. The molecule has 2 aliphatic heterocycles. The standard InChI is InChI=1S/C14H23N8PS6/c1-15-19-8-9(20(12(19)24)16(2)3)27-14(26-8)23-28-10-11(29-23)22(18(6)7)13(25)21(10)17(4)5/h14-15H,1-7H3. The number of nitrogens with zero attached hydrogens (tertiary/aromatic N) is 7. The van der Waals surface area contributed by atoms with Gasteiger partial charge in [-0.25, -0.2) is 18.7 Å². The van der Waals surface area contributed by atoms with Gasteiger partial charge in [-0.15, -0.1) is 0 Å². The molecule has 0 spiro atoms. The van der Waals surface area contributed by atoms with Gasteiger partial charge in [-0.3, -0.25) is 0 Å². The lowest BCUT2D eigenvalue weighted by molar-refractivity contribution is 0.631. The molecular weight excluding hydrogens is 504 g/mol. The van der Waals surface area contributed by atoms with Crippen LogP contribution in [0.25, 0.3) is 0 Å². The molecule has 0 aliphatic carbocycles. The molecule has 4 rings (SSSR count). The summed E-state index contributed by atoms with van der Waals surface area (Å²) in [6.07, 6.45) is -0.399. The molecular formula is C14H23N8PS6. The number of nitrogens with one attached hydrogen (secondary N) is 1. The van der Waals surface area contributed by atoms with Gasteiger partial charge in [0.15, 0.2) is 0 Å². The summed E-state index contributed by atoms with van der Waals surface area (Å²) in [6, 6.07) is 0. The van der Waals surface area contributed by atoms with Crippen LogP contribution in [0, 0.1) is 9.54 Å². The summed E-state index contributed by atoms with van der Waals surface area (Å²) in [5, 5.41) is 11.1. The zero-order valence-corrected chi connectivity index (χ0v) is 22.9. The van der Waals surface area contributed by atoms with E-state index >= 15 is 0 Å². The molecule has 1 N–H and O–H groups in total. The van der Waals surface area contributed by atoms with Crippen molar-refractivity contribution in [3.8, 4) is 0 Å². The van der Waals surface area contributed by atoms with Crippen molar-refractivity contribution < 1.29 is 0 Å². The molecule has 8 nitrogen and oxygen atoms in total. The third-order valence-corrected chi connectivity index (χ3v) is 17.4. The third-order valence-electron chi connectivity index (χ3n) is 4.25. The normalized spacial score (nSPS) is 18.1. The van der Waals surface area contributed by atoms with Crippen LogP contribution in [0.5, 0.6) is 0 Å². The Morgan fingerprint density at radius 1 is 0.759 bits per heavy atom. The van der Waals surface area contributed by atoms with E-state index in [4.69, 9.17) is 24.4 Å². The fourth-order valence-corrected chi connectivity index (χ4v) is 17.5. The van der Waals surface area contributed by atoms with E-state index in [-0.39, 0.29) is 0 Å². The monoisotopic (exact) mass is 526 g/mol. The number of imidazole rings is 2. The Kier molecular flexibility index (Phi) is 6.17. The van der Waals surface area contributed by atoms with Gasteiger partial charge in [0.05, 0.1) is 6.33 Å². The van der Waals surface area contributed by atoms with E-state index in [1.165, 1.54) is 20.1 Å². The maximum atomic E-state index is 5.74. The first-order valence-electron chi connectivity index (χ1n) is 8.62. The Hall–Kier alpha value is -0.110. The smallest absolute Gasteiger partial charge is 0.219 e. The van der Waals surface area contributed by atoms with Gasteiger partial charge in [0.25, 0.3) is 0 Å². The predicted octanol–water partition coefficient (Wildman–Crippen LogP) is 3.81. The van der Waals surface area contributed by atoms with Crippen molar-refractivity contribution in [2.45, 2.75) is 24.4 Å². The second-order valence-electron chi connectivity index (χ2n) is 6.83. The van der Waals surface area contributed by atoms with Crippen molar-refractivity contribution in [2.24, 2.45) is 0 Å². The molecule has 0 radical (unpaired) electrons. The van der Waals surface area contributed by atoms with Crippen LogP contribution in [0.1, 0.15) is 0 Å². The Morgan fingerprint density at radius 2 is 1.21 bits per heavy atom. The highest BCUT2D eigenvalue weighted by Gasteiger charge is 2.43. The minimum Gasteiger partial charge on any atom is -0.326 e. The van der Waals surface area contributed by atoms with Gasteiger partial charge in [-0.1, -0.05) is 46.3 Å². The SMILES string of the molecule is CNn1c2c(n(N(C)C)c1=S)SC(P1Sc3c(n(N(C)C)c(=S)n3N(C)C)S1)S2. The van der Waals surface area contributed by atoms with E-state index in [9.17, 15) is 0 Å². The van der Waals surface area contributed by atoms with Crippen molar-refractivity contribution in [2.75, 3.05) is 69.8 Å². The zero-order valence-electron chi connectivity index (χ0n) is 17.1. The molecule has 4 heterocycles.